The van der Waals surface area contributed by atoms with Crippen molar-refractivity contribution < 1.29 is 22.7 Å². The van der Waals surface area contributed by atoms with Gasteiger partial charge in [-0.3, -0.25) is 0 Å². The van der Waals surface area contributed by atoms with E-state index in [1.165, 1.54) is 6.07 Å². The quantitative estimate of drug-likeness (QED) is 0.379. The van der Waals surface area contributed by atoms with Crippen molar-refractivity contribution in [1.29, 1.82) is 0 Å². The predicted molar refractivity (Wildman–Crippen MR) is 110 cm³/mol. The summed E-state index contributed by atoms with van der Waals surface area (Å²) in [6.07, 6.45) is -2.57. The maximum absolute atomic E-state index is 13.2. The Labute approximate surface area is 170 Å². The third-order valence-electron chi connectivity index (χ3n) is 5.31. The molecule has 0 bridgehead atoms. The molecule has 0 spiro atoms. The van der Waals surface area contributed by atoms with Gasteiger partial charge >= 0.3 is 6.18 Å². The Morgan fingerprint density at radius 1 is 0.933 bits per heavy atom. The topological polar surface area (TPSA) is 45.4 Å². The molecule has 0 aliphatic heterocycles. The largest absolute Gasteiger partial charge is 0.504 e. The van der Waals surface area contributed by atoms with Crippen LogP contribution in [0.4, 0.5) is 19.1 Å². The molecule has 2 N–H and O–H groups in total. The number of halogens is 3. The Balaban J connectivity index is 1.71. The van der Waals surface area contributed by atoms with Crippen LogP contribution in [-0.2, 0) is 6.18 Å². The summed E-state index contributed by atoms with van der Waals surface area (Å²) in [7, 11) is 0. The van der Waals surface area contributed by atoms with E-state index in [1.807, 2.05) is 42.5 Å². The van der Waals surface area contributed by atoms with E-state index in [1.54, 1.807) is 6.07 Å². The molecule has 5 rings (SSSR count). The first-order valence-electron chi connectivity index (χ1n) is 9.70. The van der Waals surface area contributed by atoms with Gasteiger partial charge in [-0.05, 0) is 41.3 Å². The molecule has 1 heterocycles. The molecule has 30 heavy (non-hydrogen) atoms. The van der Waals surface area contributed by atoms with E-state index < -0.39 is 11.7 Å². The minimum Gasteiger partial charge on any atom is -0.504 e. The SMILES string of the molecule is Oc1c(-c2cccc3ccccc23)oc(NC2CC2)c1-c1cccc(C(F)(F)F)c1. The second-order valence-electron chi connectivity index (χ2n) is 7.51. The van der Waals surface area contributed by atoms with Gasteiger partial charge in [0.25, 0.3) is 0 Å². The number of furan rings is 1. The molecule has 0 atom stereocenters. The number of anilines is 1. The number of hydrogen-bond acceptors (Lipinski definition) is 3. The van der Waals surface area contributed by atoms with E-state index in [0.717, 1.165) is 35.7 Å². The molecule has 3 aromatic carbocycles. The zero-order chi connectivity index (χ0) is 20.9. The molecule has 0 amide bonds. The number of rotatable bonds is 4. The van der Waals surface area contributed by atoms with Crippen molar-refractivity contribution in [3.05, 3.63) is 72.3 Å². The fourth-order valence-electron chi connectivity index (χ4n) is 3.66. The van der Waals surface area contributed by atoms with Crippen LogP contribution in [-0.4, -0.2) is 11.1 Å². The summed E-state index contributed by atoms with van der Waals surface area (Å²) in [5.41, 5.74) is 0.406. The molecule has 152 valence electrons. The number of nitrogens with one attached hydrogen (secondary N) is 1. The molecule has 1 fully saturated rings. The zero-order valence-electron chi connectivity index (χ0n) is 15.8. The summed E-state index contributed by atoms with van der Waals surface area (Å²) in [5.74, 6) is 0.355. The average Bonchev–Trinajstić information content (AvgIpc) is 3.49. The molecule has 6 heteroatoms. The molecular formula is C24H18F3NO2. The minimum absolute atomic E-state index is 0.172. The van der Waals surface area contributed by atoms with E-state index in [4.69, 9.17) is 4.42 Å². The molecule has 0 saturated heterocycles. The summed E-state index contributed by atoms with van der Waals surface area (Å²) in [6, 6.07) is 18.5. The van der Waals surface area contributed by atoms with Crippen LogP contribution in [0.1, 0.15) is 18.4 Å². The summed E-state index contributed by atoms with van der Waals surface area (Å²) in [6.45, 7) is 0. The molecule has 0 unspecified atom stereocenters. The summed E-state index contributed by atoms with van der Waals surface area (Å²) in [5, 5.41) is 16.2. The maximum Gasteiger partial charge on any atom is 0.416 e. The lowest BCUT2D eigenvalue weighted by atomic mass is 9.99. The highest BCUT2D eigenvalue weighted by Crippen LogP contribution is 2.49. The van der Waals surface area contributed by atoms with Crippen molar-refractivity contribution in [2.45, 2.75) is 25.1 Å². The summed E-state index contributed by atoms with van der Waals surface area (Å²) < 4.78 is 45.8. The van der Waals surface area contributed by atoms with Gasteiger partial charge in [-0.2, -0.15) is 13.2 Å². The van der Waals surface area contributed by atoms with Gasteiger partial charge in [-0.15, -0.1) is 0 Å². The van der Waals surface area contributed by atoms with Crippen molar-refractivity contribution >= 4 is 16.7 Å². The average molecular weight is 409 g/mol. The van der Waals surface area contributed by atoms with Gasteiger partial charge in [-0.25, -0.2) is 0 Å². The number of fused-ring (bicyclic) bond motifs is 1. The second kappa shape index (κ2) is 6.83. The lowest BCUT2D eigenvalue weighted by Crippen LogP contribution is -2.05. The normalized spacial score (nSPS) is 14.2. The van der Waals surface area contributed by atoms with Gasteiger partial charge < -0.3 is 14.8 Å². The second-order valence-corrected chi connectivity index (χ2v) is 7.51. The highest BCUT2D eigenvalue weighted by atomic mass is 19.4. The van der Waals surface area contributed by atoms with E-state index >= 15 is 0 Å². The van der Waals surface area contributed by atoms with Crippen molar-refractivity contribution in [2.24, 2.45) is 0 Å². The third kappa shape index (κ3) is 3.28. The first-order valence-corrected chi connectivity index (χ1v) is 9.70. The Hall–Kier alpha value is -3.41. The molecule has 1 aliphatic carbocycles. The van der Waals surface area contributed by atoms with Crippen molar-refractivity contribution in [3.63, 3.8) is 0 Å². The standard InChI is InChI=1S/C24H18F3NO2/c25-24(26,27)16-8-3-7-15(13-16)20-21(29)22(30-23(20)28-17-11-12-17)19-10-4-6-14-5-1-2-9-18(14)19/h1-10,13,17,28-29H,11-12H2. The Morgan fingerprint density at radius 2 is 1.67 bits per heavy atom. The highest BCUT2D eigenvalue weighted by molar-refractivity contribution is 5.99. The van der Waals surface area contributed by atoms with Gasteiger partial charge in [0.2, 0.25) is 5.88 Å². The van der Waals surface area contributed by atoms with Crippen molar-refractivity contribution in [3.8, 4) is 28.2 Å². The third-order valence-corrected chi connectivity index (χ3v) is 5.31. The van der Waals surface area contributed by atoms with Gasteiger partial charge in [0.1, 0.15) is 0 Å². The van der Waals surface area contributed by atoms with E-state index in [2.05, 4.69) is 5.32 Å². The fourth-order valence-corrected chi connectivity index (χ4v) is 3.66. The van der Waals surface area contributed by atoms with Crippen LogP contribution in [0.25, 0.3) is 33.2 Å². The minimum atomic E-state index is -4.47. The van der Waals surface area contributed by atoms with Crippen LogP contribution in [0.15, 0.2) is 71.1 Å². The number of benzene rings is 3. The highest BCUT2D eigenvalue weighted by Gasteiger charge is 2.33. The monoisotopic (exact) mass is 409 g/mol. The molecule has 1 aliphatic rings. The first kappa shape index (κ1) is 18.6. The molecule has 1 saturated carbocycles. The van der Waals surface area contributed by atoms with Crippen LogP contribution in [0.2, 0.25) is 0 Å². The van der Waals surface area contributed by atoms with Gasteiger partial charge in [0.05, 0.1) is 11.1 Å². The van der Waals surface area contributed by atoms with Gasteiger partial charge in [0.15, 0.2) is 11.5 Å². The van der Waals surface area contributed by atoms with Gasteiger partial charge in [0, 0.05) is 11.6 Å². The van der Waals surface area contributed by atoms with Crippen LogP contribution < -0.4 is 5.32 Å². The lowest BCUT2D eigenvalue weighted by molar-refractivity contribution is -0.137. The summed E-state index contributed by atoms with van der Waals surface area (Å²) >= 11 is 0. The van der Waals surface area contributed by atoms with Crippen LogP contribution >= 0.6 is 0 Å². The van der Waals surface area contributed by atoms with E-state index in [0.29, 0.717) is 5.56 Å². The predicted octanol–water partition coefficient (Wildman–Crippen LogP) is 7.07. The van der Waals surface area contributed by atoms with Crippen molar-refractivity contribution in [1.82, 2.24) is 0 Å². The Kier molecular flexibility index (Phi) is 4.24. The van der Waals surface area contributed by atoms with E-state index in [9.17, 15) is 18.3 Å². The smallest absolute Gasteiger partial charge is 0.416 e. The number of aromatic hydroxyl groups is 1. The van der Waals surface area contributed by atoms with Crippen LogP contribution in [0.5, 0.6) is 5.75 Å². The molecule has 0 radical (unpaired) electrons. The van der Waals surface area contributed by atoms with Crippen LogP contribution in [0.3, 0.4) is 0 Å². The molecule has 1 aromatic heterocycles. The lowest BCUT2D eigenvalue weighted by Gasteiger charge is -2.09. The Morgan fingerprint density at radius 3 is 2.43 bits per heavy atom. The molecular weight excluding hydrogens is 391 g/mol. The van der Waals surface area contributed by atoms with Crippen molar-refractivity contribution in [2.75, 3.05) is 5.32 Å². The first-order chi connectivity index (χ1) is 14.4. The maximum atomic E-state index is 13.2. The number of hydrogen-bond donors (Lipinski definition) is 2. The number of alkyl halides is 3. The molecule has 4 aromatic rings. The van der Waals surface area contributed by atoms with Gasteiger partial charge in [-0.1, -0.05) is 54.6 Å². The summed E-state index contributed by atoms with van der Waals surface area (Å²) in [4.78, 5) is 0. The fraction of sp³-hybridized carbons (Fsp3) is 0.167. The zero-order valence-corrected chi connectivity index (χ0v) is 15.8. The van der Waals surface area contributed by atoms with E-state index in [-0.39, 0.29) is 34.6 Å². The molecule has 3 nitrogen and oxygen atoms in total. The van der Waals surface area contributed by atoms with Crippen LogP contribution in [0, 0.1) is 0 Å². The Bertz CT molecular complexity index is 1230.